The summed E-state index contributed by atoms with van der Waals surface area (Å²) in [4.78, 5) is 36.2. The minimum atomic E-state index is -0.976. The van der Waals surface area contributed by atoms with Gasteiger partial charge < -0.3 is 10.2 Å². The second-order valence-electron chi connectivity index (χ2n) is 7.05. The van der Waals surface area contributed by atoms with E-state index in [1.165, 1.54) is 6.42 Å². The molecule has 8 heteroatoms. The summed E-state index contributed by atoms with van der Waals surface area (Å²) in [5.41, 5.74) is 0.812. The van der Waals surface area contributed by atoms with Crippen molar-refractivity contribution in [2.24, 2.45) is 5.92 Å². The minimum Gasteiger partial charge on any atom is -0.342 e. The van der Waals surface area contributed by atoms with E-state index in [2.05, 4.69) is 21.4 Å². The van der Waals surface area contributed by atoms with E-state index < -0.39 is 17.7 Å². The van der Waals surface area contributed by atoms with Gasteiger partial charge in [0.25, 0.3) is 5.56 Å². The molecule has 0 unspecified atom stereocenters. The molecule has 1 fully saturated rings. The van der Waals surface area contributed by atoms with Gasteiger partial charge >= 0.3 is 0 Å². The largest absolute Gasteiger partial charge is 0.342 e. The van der Waals surface area contributed by atoms with Crippen LogP contribution in [0.3, 0.4) is 0 Å². The van der Waals surface area contributed by atoms with E-state index in [0.29, 0.717) is 11.5 Å². The molecule has 2 atom stereocenters. The Morgan fingerprint density at radius 2 is 1.89 bits per heavy atom. The van der Waals surface area contributed by atoms with Crippen molar-refractivity contribution in [3.05, 3.63) is 45.7 Å². The maximum absolute atomic E-state index is 13.0. The topological polar surface area (TPSA) is 102 Å². The first-order chi connectivity index (χ1) is 13.6. The number of nitriles is 1. The van der Waals surface area contributed by atoms with Crippen molar-refractivity contribution in [2.45, 2.75) is 30.1 Å². The van der Waals surface area contributed by atoms with Crippen LogP contribution in [0.1, 0.15) is 36.3 Å². The monoisotopic (exact) mass is 395 g/mol. The molecule has 2 aliphatic heterocycles. The highest BCUT2D eigenvalue weighted by molar-refractivity contribution is 7.98. The van der Waals surface area contributed by atoms with Gasteiger partial charge in [0.2, 0.25) is 11.9 Å². The Morgan fingerprint density at radius 3 is 2.54 bits per heavy atom. The number of H-pyrrole nitrogens is 1. The number of anilines is 2. The number of rotatable bonds is 3. The van der Waals surface area contributed by atoms with Crippen LogP contribution in [0.25, 0.3) is 0 Å². The van der Waals surface area contributed by atoms with Gasteiger partial charge in [-0.1, -0.05) is 12.1 Å². The first-order valence-electron chi connectivity index (χ1n) is 9.36. The van der Waals surface area contributed by atoms with Gasteiger partial charge in [-0.3, -0.25) is 14.6 Å². The number of benzene rings is 1. The molecule has 3 heterocycles. The summed E-state index contributed by atoms with van der Waals surface area (Å²) < 4.78 is 0. The Morgan fingerprint density at radius 1 is 1.18 bits per heavy atom. The molecule has 28 heavy (non-hydrogen) atoms. The van der Waals surface area contributed by atoms with Gasteiger partial charge in [0, 0.05) is 23.9 Å². The highest BCUT2D eigenvalue weighted by atomic mass is 32.2. The van der Waals surface area contributed by atoms with Crippen molar-refractivity contribution in [2.75, 3.05) is 29.6 Å². The number of carbonyl (C=O) groups is 1. The molecule has 1 aromatic carbocycles. The van der Waals surface area contributed by atoms with E-state index in [1.807, 2.05) is 35.4 Å². The van der Waals surface area contributed by atoms with E-state index in [9.17, 15) is 14.9 Å². The third kappa shape index (κ3) is 3.27. The van der Waals surface area contributed by atoms with Gasteiger partial charge in [0.05, 0.1) is 11.6 Å². The van der Waals surface area contributed by atoms with Gasteiger partial charge in [-0.15, -0.1) is 11.8 Å². The predicted molar refractivity (Wildman–Crippen MR) is 109 cm³/mol. The lowest BCUT2D eigenvalue weighted by atomic mass is 9.79. The van der Waals surface area contributed by atoms with Crippen LogP contribution in [0.15, 0.2) is 34.0 Å². The molecule has 7 nitrogen and oxygen atoms in total. The first kappa shape index (κ1) is 18.6. The number of carbonyl (C=O) groups excluding carboxylic acids is 1. The summed E-state index contributed by atoms with van der Waals surface area (Å²) in [6, 6.07) is 9.69. The fourth-order valence-corrected chi connectivity index (χ4v) is 4.33. The smallest absolute Gasteiger partial charge is 0.258 e. The lowest BCUT2D eigenvalue weighted by molar-refractivity contribution is -0.119. The van der Waals surface area contributed by atoms with Crippen LogP contribution >= 0.6 is 11.8 Å². The van der Waals surface area contributed by atoms with Crippen molar-refractivity contribution in [3.63, 3.8) is 0 Å². The van der Waals surface area contributed by atoms with Crippen molar-refractivity contribution in [1.82, 2.24) is 9.97 Å². The average molecular weight is 395 g/mol. The van der Waals surface area contributed by atoms with Crippen LogP contribution in [0.5, 0.6) is 0 Å². The quantitative estimate of drug-likeness (QED) is 0.775. The van der Waals surface area contributed by atoms with Crippen LogP contribution in [-0.2, 0) is 4.79 Å². The Hall–Kier alpha value is -2.79. The number of amides is 1. The second kappa shape index (κ2) is 7.68. The van der Waals surface area contributed by atoms with Crippen LogP contribution in [0, 0.1) is 17.2 Å². The molecule has 0 saturated carbocycles. The standard InChI is InChI=1S/C20H21N5O2S/c1-28-13-7-5-12(6-8-13)15-14(11-21)18(26)22-17-16(15)19(27)24-20(23-17)25-9-3-2-4-10-25/h5-8,14-15H,2-4,9-10H2,1H3,(H2,22,23,24,26,27)/t14-,15-/m1/s1. The molecule has 2 N–H and O–H groups in total. The predicted octanol–water partition coefficient (Wildman–Crippen LogP) is 2.71. The number of nitrogens with one attached hydrogen (secondary N) is 2. The molecule has 0 bridgehead atoms. The Labute approximate surface area is 167 Å². The fourth-order valence-electron chi connectivity index (χ4n) is 3.93. The van der Waals surface area contributed by atoms with Crippen LogP contribution < -0.4 is 15.8 Å². The minimum absolute atomic E-state index is 0.264. The fraction of sp³-hybridized carbons (Fsp3) is 0.400. The highest BCUT2D eigenvalue weighted by Gasteiger charge is 2.40. The second-order valence-corrected chi connectivity index (χ2v) is 7.93. The average Bonchev–Trinajstić information content (AvgIpc) is 2.73. The summed E-state index contributed by atoms with van der Waals surface area (Å²) >= 11 is 1.61. The molecule has 1 aromatic heterocycles. The number of thioether (sulfide) groups is 1. The molecule has 4 rings (SSSR count). The molecular weight excluding hydrogens is 374 g/mol. The number of piperidine rings is 1. The highest BCUT2D eigenvalue weighted by Crippen LogP contribution is 2.38. The molecule has 144 valence electrons. The van der Waals surface area contributed by atoms with Crippen LogP contribution in [0.4, 0.5) is 11.8 Å². The summed E-state index contributed by atoms with van der Waals surface area (Å²) in [6.45, 7) is 1.66. The van der Waals surface area contributed by atoms with Crippen LogP contribution in [-0.4, -0.2) is 35.2 Å². The number of hydrogen-bond donors (Lipinski definition) is 2. The van der Waals surface area contributed by atoms with Crippen LogP contribution in [0.2, 0.25) is 0 Å². The molecule has 2 aliphatic rings. The zero-order valence-corrected chi connectivity index (χ0v) is 16.4. The van der Waals surface area contributed by atoms with E-state index in [0.717, 1.165) is 36.4 Å². The first-order valence-corrected chi connectivity index (χ1v) is 10.6. The van der Waals surface area contributed by atoms with Gasteiger partial charge in [-0.2, -0.15) is 10.2 Å². The number of nitrogens with zero attached hydrogens (tertiary/aromatic N) is 3. The molecule has 2 aromatic rings. The summed E-state index contributed by atoms with van der Waals surface area (Å²) in [6.07, 6.45) is 5.25. The number of hydrogen-bond acceptors (Lipinski definition) is 6. The Balaban J connectivity index is 1.81. The lowest BCUT2D eigenvalue weighted by Crippen LogP contribution is -2.40. The SMILES string of the molecule is CSc1ccc([C@H]2c3c(nc(N4CCCCC4)[nH]c3=O)NC(=O)[C@@H]2C#N)cc1. The van der Waals surface area contributed by atoms with Crippen molar-refractivity contribution < 1.29 is 4.79 Å². The van der Waals surface area contributed by atoms with Gasteiger partial charge in [-0.25, -0.2) is 0 Å². The zero-order valence-electron chi connectivity index (χ0n) is 15.6. The van der Waals surface area contributed by atoms with Gasteiger partial charge in [0.15, 0.2) is 0 Å². The zero-order chi connectivity index (χ0) is 19.7. The van der Waals surface area contributed by atoms with Crippen molar-refractivity contribution >= 4 is 29.4 Å². The third-order valence-corrected chi connectivity index (χ3v) is 6.12. The molecule has 0 spiro atoms. The normalized spacial score (nSPS) is 21.6. The maximum Gasteiger partial charge on any atom is 0.258 e. The van der Waals surface area contributed by atoms with E-state index >= 15 is 0 Å². The summed E-state index contributed by atoms with van der Waals surface area (Å²) in [5, 5.41) is 12.3. The summed E-state index contributed by atoms with van der Waals surface area (Å²) in [7, 11) is 0. The number of fused-ring (bicyclic) bond motifs is 1. The van der Waals surface area contributed by atoms with Crippen molar-refractivity contribution in [1.29, 1.82) is 5.26 Å². The van der Waals surface area contributed by atoms with Gasteiger partial charge in [0.1, 0.15) is 11.7 Å². The maximum atomic E-state index is 13.0. The molecule has 1 saturated heterocycles. The Bertz CT molecular complexity index is 989. The molecule has 1 amide bonds. The van der Waals surface area contributed by atoms with E-state index in [-0.39, 0.29) is 11.4 Å². The molecule has 0 radical (unpaired) electrons. The van der Waals surface area contributed by atoms with Crippen molar-refractivity contribution in [3.8, 4) is 6.07 Å². The molecule has 0 aliphatic carbocycles. The number of aromatic amines is 1. The Kier molecular flexibility index (Phi) is 5.09. The third-order valence-electron chi connectivity index (χ3n) is 5.38. The number of aromatic nitrogens is 2. The summed E-state index contributed by atoms with van der Waals surface area (Å²) in [5.74, 6) is -1.29. The van der Waals surface area contributed by atoms with E-state index in [1.54, 1.807) is 11.8 Å². The lowest BCUT2D eigenvalue weighted by Gasteiger charge is -2.31. The van der Waals surface area contributed by atoms with E-state index in [4.69, 9.17) is 0 Å². The molecular formula is C20H21N5O2S. The van der Waals surface area contributed by atoms with Gasteiger partial charge in [-0.05, 0) is 43.2 Å².